The Morgan fingerprint density at radius 1 is 1.45 bits per heavy atom. The van der Waals surface area contributed by atoms with Crippen LogP contribution in [-0.2, 0) is 24.3 Å². The monoisotopic (exact) mass is 294 g/mol. The van der Waals surface area contributed by atoms with E-state index in [1.165, 1.54) is 4.68 Å². The number of carbonyl (C=O) groups excluding carboxylic acids is 1. The molecule has 106 valence electrons. The molecule has 1 N–H and O–H groups in total. The quantitative estimate of drug-likeness (QED) is 0.871. The van der Waals surface area contributed by atoms with Gasteiger partial charge in [0.2, 0.25) is 11.0 Å². The smallest absolute Gasteiger partial charge is 0.299 e. The molecule has 9 heteroatoms. The summed E-state index contributed by atoms with van der Waals surface area (Å²) in [5, 5.41) is 7.26. The maximum Gasteiger partial charge on any atom is 0.346 e. The predicted molar refractivity (Wildman–Crippen MR) is 72.7 cm³/mol. The number of aryl methyl sites for hydroxylation is 2. The standard InChI is InChI=1S/C11H14N6O2S/c1-7-12-10(20-15-7)13-9(18)6-17-11(19)16-5-3-2-4-8(16)14-17/h2-6H2,1H3,(H,12,13,15,18). The normalized spacial score (nSPS) is 14.1. The molecule has 0 bridgehead atoms. The maximum atomic E-state index is 12.1. The van der Waals surface area contributed by atoms with E-state index in [0.29, 0.717) is 17.5 Å². The molecule has 1 amide bonds. The second-order valence-corrected chi connectivity index (χ2v) is 5.41. The van der Waals surface area contributed by atoms with Crippen molar-refractivity contribution in [2.24, 2.45) is 0 Å². The summed E-state index contributed by atoms with van der Waals surface area (Å²) < 4.78 is 6.83. The molecule has 0 unspecified atom stereocenters. The molecule has 8 nitrogen and oxygen atoms in total. The first-order valence-electron chi connectivity index (χ1n) is 6.40. The number of hydrogen-bond donors (Lipinski definition) is 1. The summed E-state index contributed by atoms with van der Waals surface area (Å²) >= 11 is 1.11. The van der Waals surface area contributed by atoms with Crippen LogP contribution in [0.3, 0.4) is 0 Å². The number of aromatic nitrogens is 5. The SMILES string of the molecule is Cc1nsc(NC(=O)Cn2nc3n(c2=O)CCCC3)n1. The summed E-state index contributed by atoms with van der Waals surface area (Å²) in [4.78, 5) is 28.0. The first-order chi connectivity index (χ1) is 9.63. The van der Waals surface area contributed by atoms with E-state index in [0.717, 1.165) is 36.6 Å². The Hall–Kier alpha value is -2.03. The van der Waals surface area contributed by atoms with Gasteiger partial charge in [-0.15, -0.1) is 0 Å². The average Bonchev–Trinajstić information content (AvgIpc) is 2.95. The molecule has 3 rings (SSSR count). The Morgan fingerprint density at radius 2 is 2.30 bits per heavy atom. The Balaban J connectivity index is 1.73. The lowest BCUT2D eigenvalue weighted by molar-refractivity contribution is -0.117. The van der Waals surface area contributed by atoms with Gasteiger partial charge in [-0.2, -0.15) is 9.47 Å². The van der Waals surface area contributed by atoms with Crippen LogP contribution in [0, 0.1) is 6.92 Å². The van der Waals surface area contributed by atoms with Gasteiger partial charge >= 0.3 is 5.69 Å². The minimum absolute atomic E-state index is 0.0997. The number of hydrogen-bond acceptors (Lipinski definition) is 6. The molecule has 1 aliphatic heterocycles. The molecule has 20 heavy (non-hydrogen) atoms. The van der Waals surface area contributed by atoms with E-state index in [1.54, 1.807) is 11.5 Å². The summed E-state index contributed by atoms with van der Waals surface area (Å²) in [5.74, 6) is 1.06. The zero-order chi connectivity index (χ0) is 14.1. The molecule has 0 radical (unpaired) electrons. The zero-order valence-corrected chi connectivity index (χ0v) is 11.8. The van der Waals surface area contributed by atoms with E-state index in [9.17, 15) is 9.59 Å². The summed E-state index contributed by atoms with van der Waals surface area (Å²) in [7, 11) is 0. The summed E-state index contributed by atoms with van der Waals surface area (Å²) in [6.45, 7) is 2.34. The second kappa shape index (κ2) is 5.16. The first-order valence-corrected chi connectivity index (χ1v) is 7.17. The summed E-state index contributed by atoms with van der Waals surface area (Å²) in [5.41, 5.74) is -0.219. The summed E-state index contributed by atoms with van der Waals surface area (Å²) in [6, 6.07) is 0. The van der Waals surface area contributed by atoms with Crippen molar-refractivity contribution in [2.45, 2.75) is 39.3 Å². The van der Waals surface area contributed by atoms with E-state index >= 15 is 0 Å². The molecule has 0 aliphatic carbocycles. The number of anilines is 1. The Labute approximate surface area is 118 Å². The second-order valence-electron chi connectivity index (χ2n) is 4.66. The largest absolute Gasteiger partial charge is 0.346 e. The van der Waals surface area contributed by atoms with Gasteiger partial charge in [-0.3, -0.25) is 14.7 Å². The lowest BCUT2D eigenvalue weighted by Gasteiger charge is -2.09. The van der Waals surface area contributed by atoms with Gasteiger partial charge in [0.05, 0.1) is 0 Å². The van der Waals surface area contributed by atoms with Crippen LogP contribution >= 0.6 is 11.5 Å². The molecule has 2 aromatic heterocycles. The molecule has 0 fully saturated rings. The average molecular weight is 294 g/mol. The Morgan fingerprint density at radius 3 is 3.00 bits per heavy atom. The van der Waals surface area contributed by atoms with Gasteiger partial charge in [-0.25, -0.2) is 14.5 Å². The van der Waals surface area contributed by atoms with Crippen LogP contribution in [-0.4, -0.2) is 29.6 Å². The lowest BCUT2D eigenvalue weighted by Crippen LogP contribution is -2.30. The van der Waals surface area contributed by atoms with Gasteiger partial charge in [0, 0.05) is 24.5 Å². The Kier molecular flexibility index (Phi) is 3.35. The highest BCUT2D eigenvalue weighted by atomic mass is 32.1. The van der Waals surface area contributed by atoms with Crippen LogP contribution in [0.4, 0.5) is 5.13 Å². The van der Waals surface area contributed by atoms with Gasteiger partial charge in [0.1, 0.15) is 18.2 Å². The Bertz CT molecular complexity index is 700. The summed E-state index contributed by atoms with van der Waals surface area (Å²) in [6.07, 6.45) is 2.81. The van der Waals surface area contributed by atoms with Crippen molar-refractivity contribution in [3.05, 3.63) is 22.1 Å². The number of amides is 1. The van der Waals surface area contributed by atoms with Crippen molar-refractivity contribution in [1.82, 2.24) is 23.7 Å². The first kappa shape index (κ1) is 13.0. The van der Waals surface area contributed by atoms with E-state index in [1.807, 2.05) is 0 Å². The van der Waals surface area contributed by atoms with Crippen LogP contribution in [0.25, 0.3) is 0 Å². The third kappa shape index (κ3) is 2.48. The fraction of sp³-hybridized carbons (Fsp3) is 0.545. The number of rotatable bonds is 3. The van der Waals surface area contributed by atoms with Crippen molar-refractivity contribution >= 4 is 22.6 Å². The fourth-order valence-electron chi connectivity index (χ4n) is 2.19. The van der Waals surface area contributed by atoms with Gasteiger partial charge in [-0.1, -0.05) is 0 Å². The van der Waals surface area contributed by atoms with Crippen molar-refractivity contribution in [3.63, 3.8) is 0 Å². The van der Waals surface area contributed by atoms with Gasteiger partial charge in [0.25, 0.3) is 0 Å². The number of fused-ring (bicyclic) bond motifs is 1. The predicted octanol–water partition coefficient (Wildman–Crippen LogP) is 0.180. The highest BCUT2D eigenvalue weighted by Gasteiger charge is 2.18. The number of carbonyl (C=O) groups is 1. The van der Waals surface area contributed by atoms with Gasteiger partial charge in [-0.05, 0) is 19.8 Å². The number of nitrogens with one attached hydrogen (secondary N) is 1. The molecule has 0 atom stereocenters. The van der Waals surface area contributed by atoms with E-state index < -0.39 is 0 Å². The molecule has 0 saturated heterocycles. The van der Waals surface area contributed by atoms with Crippen molar-refractivity contribution in [3.8, 4) is 0 Å². The minimum Gasteiger partial charge on any atom is -0.299 e. The molecular weight excluding hydrogens is 280 g/mol. The van der Waals surface area contributed by atoms with E-state index in [-0.39, 0.29) is 18.1 Å². The molecule has 2 aromatic rings. The lowest BCUT2D eigenvalue weighted by atomic mass is 10.2. The van der Waals surface area contributed by atoms with Crippen LogP contribution in [0.15, 0.2) is 4.79 Å². The van der Waals surface area contributed by atoms with Gasteiger partial charge in [0.15, 0.2) is 0 Å². The molecule has 1 aliphatic rings. The highest BCUT2D eigenvalue weighted by Crippen LogP contribution is 2.11. The third-order valence-electron chi connectivity index (χ3n) is 3.10. The van der Waals surface area contributed by atoms with Crippen molar-refractivity contribution < 1.29 is 4.79 Å². The minimum atomic E-state index is -0.321. The van der Waals surface area contributed by atoms with Crippen molar-refractivity contribution in [1.29, 1.82) is 0 Å². The van der Waals surface area contributed by atoms with E-state index in [4.69, 9.17) is 0 Å². The van der Waals surface area contributed by atoms with Crippen LogP contribution in [0.5, 0.6) is 0 Å². The van der Waals surface area contributed by atoms with Crippen molar-refractivity contribution in [2.75, 3.05) is 5.32 Å². The third-order valence-corrected chi connectivity index (χ3v) is 3.82. The van der Waals surface area contributed by atoms with Gasteiger partial charge < -0.3 is 0 Å². The molecule has 0 spiro atoms. The molecule has 3 heterocycles. The molecule has 0 saturated carbocycles. The zero-order valence-electron chi connectivity index (χ0n) is 11.0. The molecular formula is C11H14N6O2S. The van der Waals surface area contributed by atoms with Crippen LogP contribution < -0.4 is 11.0 Å². The van der Waals surface area contributed by atoms with Crippen LogP contribution in [0.1, 0.15) is 24.5 Å². The topological polar surface area (TPSA) is 94.7 Å². The highest BCUT2D eigenvalue weighted by molar-refractivity contribution is 7.09. The number of nitrogens with zero attached hydrogens (tertiary/aromatic N) is 5. The fourth-order valence-corrected chi connectivity index (χ4v) is 2.79. The van der Waals surface area contributed by atoms with E-state index in [2.05, 4.69) is 19.8 Å². The van der Waals surface area contributed by atoms with Crippen LogP contribution in [0.2, 0.25) is 0 Å². The maximum absolute atomic E-state index is 12.1. The molecule has 0 aromatic carbocycles.